The number of hydrogen-bond acceptors (Lipinski definition) is 2. The molecule has 0 saturated carbocycles. The van der Waals surface area contributed by atoms with Crippen LogP contribution in [0.4, 0.5) is 11.4 Å². The van der Waals surface area contributed by atoms with Crippen LogP contribution >= 0.6 is 0 Å². The maximum Gasteiger partial charge on any atom is 0.330 e. The second kappa shape index (κ2) is 6.60. The van der Waals surface area contributed by atoms with Crippen LogP contribution in [0.25, 0.3) is 38.6 Å². The fraction of sp³-hybridized carbons (Fsp3) is 0. The molecule has 5 heterocycles. The first kappa shape index (κ1) is 20.0. The van der Waals surface area contributed by atoms with Crippen LogP contribution in [-0.4, -0.2) is 13.7 Å². The zero-order chi connectivity index (χ0) is 25.7. The van der Waals surface area contributed by atoms with Crippen molar-refractivity contribution in [2.24, 2.45) is 0 Å². The lowest BCUT2D eigenvalue weighted by Gasteiger charge is -2.46. The van der Waals surface area contributed by atoms with E-state index >= 15 is 0 Å². The topological polar surface area (TPSA) is 6.48 Å². The van der Waals surface area contributed by atoms with E-state index in [1.54, 1.807) is 0 Å². The molecule has 11 rings (SSSR count). The number of hydrogen-bond donors (Lipinski definition) is 0. The van der Waals surface area contributed by atoms with E-state index in [-0.39, 0.29) is 13.7 Å². The second-order valence-corrected chi connectivity index (χ2v) is 11.6. The molecule has 6 aromatic rings. The Labute approximate surface area is 233 Å². The molecule has 5 aliphatic rings. The normalized spacial score (nSPS) is 15.7. The molecular weight excluding hydrogens is 482 g/mol. The quantitative estimate of drug-likeness (QED) is 0.268. The summed E-state index contributed by atoms with van der Waals surface area (Å²) in [6.45, 7) is 0.284. The molecule has 180 valence electrons. The van der Waals surface area contributed by atoms with Crippen LogP contribution in [0.3, 0.4) is 0 Å². The van der Waals surface area contributed by atoms with Gasteiger partial charge >= 0.3 is 13.7 Å². The van der Waals surface area contributed by atoms with Gasteiger partial charge in [0.25, 0.3) is 0 Å². The summed E-state index contributed by atoms with van der Waals surface area (Å²) in [7, 11) is 0. The number of nitrogens with zero attached hydrogens (tertiary/aromatic N) is 2. The highest BCUT2D eigenvalue weighted by molar-refractivity contribution is 6.96. The minimum Gasteiger partial charge on any atom is -0.361 e. The number of anilines is 2. The summed E-state index contributed by atoms with van der Waals surface area (Å²) in [5.74, 6) is 1.35. The molecular formula is C36H20B2N2. The first-order valence-corrected chi connectivity index (χ1v) is 14.2. The van der Waals surface area contributed by atoms with Gasteiger partial charge in [0.1, 0.15) is 0 Å². The molecule has 6 aromatic carbocycles. The molecule has 0 saturated heterocycles. The maximum absolute atomic E-state index is 2.72. The summed E-state index contributed by atoms with van der Waals surface area (Å²) in [5, 5.41) is 2.68. The van der Waals surface area contributed by atoms with Crippen molar-refractivity contribution in [1.29, 1.82) is 0 Å². The number of benzene rings is 6. The molecule has 4 heteroatoms. The van der Waals surface area contributed by atoms with Gasteiger partial charge in [-0.25, -0.2) is 0 Å². The molecule has 0 fully saturated rings. The van der Waals surface area contributed by atoms with Crippen LogP contribution in [0.15, 0.2) is 127 Å². The van der Waals surface area contributed by atoms with E-state index in [1.807, 2.05) is 0 Å². The van der Waals surface area contributed by atoms with Gasteiger partial charge < -0.3 is 9.62 Å². The molecule has 2 nitrogen and oxygen atoms in total. The summed E-state index contributed by atoms with van der Waals surface area (Å²) in [6, 6.07) is 45.7. The molecule has 0 bridgehead atoms. The van der Waals surface area contributed by atoms with Gasteiger partial charge in [-0.2, -0.15) is 0 Å². The molecule has 5 aliphatic heterocycles. The third kappa shape index (κ3) is 2.01. The van der Waals surface area contributed by atoms with E-state index in [2.05, 4.69) is 131 Å². The third-order valence-corrected chi connectivity index (χ3v) is 9.94. The Morgan fingerprint density at radius 3 is 1.18 bits per heavy atom. The van der Waals surface area contributed by atoms with Crippen molar-refractivity contribution >= 4 is 63.3 Å². The summed E-state index contributed by atoms with van der Waals surface area (Å²) in [6.07, 6.45) is 0. The second-order valence-electron chi connectivity index (χ2n) is 11.6. The van der Waals surface area contributed by atoms with Gasteiger partial charge in [-0.05, 0) is 54.9 Å². The van der Waals surface area contributed by atoms with Crippen molar-refractivity contribution in [3.05, 3.63) is 138 Å². The standard InChI is InChI=1S/C36H20B2N2/c1-2-12-22-21(11-1)31-23-13-3-7-17-27(23)37-29-19-9-5-15-25(29)33-26-16-6-10-20-30(26)38-28-18-8-4-14-24(28)32(22)35-34(31)39(37)36(33)40(35)38/h1-20H. The molecule has 0 N–H and O–H groups in total. The van der Waals surface area contributed by atoms with Crippen molar-refractivity contribution in [2.45, 2.75) is 0 Å². The zero-order valence-corrected chi connectivity index (χ0v) is 21.6. The molecule has 0 aromatic heterocycles. The number of fused-ring (bicyclic) bond motifs is 15. The summed E-state index contributed by atoms with van der Waals surface area (Å²) in [4.78, 5) is 5.44. The van der Waals surface area contributed by atoms with Gasteiger partial charge in [-0.3, -0.25) is 0 Å². The lowest BCUT2D eigenvalue weighted by Crippen LogP contribution is -2.67. The largest absolute Gasteiger partial charge is 0.361 e. The van der Waals surface area contributed by atoms with Crippen molar-refractivity contribution in [1.82, 2.24) is 0 Å². The summed E-state index contributed by atoms with van der Waals surface area (Å²) < 4.78 is 0. The molecule has 0 spiro atoms. The molecule has 0 atom stereocenters. The monoisotopic (exact) mass is 502 g/mol. The predicted molar refractivity (Wildman–Crippen MR) is 169 cm³/mol. The van der Waals surface area contributed by atoms with Gasteiger partial charge in [0.15, 0.2) is 0 Å². The van der Waals surface area contributed by atoms with Crippen LogP contribution < -0.4 is 31.5 Å². The van der Waals surface area contributed by atoms with E-state index < -0.39 is 0 Å². The van der Waals surface area contributed by atoms with Crippen molar-refractivity contribution in [2.75, 3.05) is 9.62 Å². The smallest absolute Gasteiger partial charge is 0.330 e. The Hall–Kier alpha value is -4.95. The zero-order valence-electron chi connectivity index (χ0n) is 21.6. The van der Waals surface area contributed by atoms with Gasteiger partial charge in [0, 0.05) is 16.7 Å². The van der Waals surface area contributed by atoms with Gasteiger partial charge in [0.05, 0.1) is 17.2 Å². The van der Waals surface area contributed by atoms with E-state index in [0.717, 1.165) is 0 Å². The molecule has 0 aliphatic carbocycles. The molecule has 40 heavy (non-hydrogen) atoms. The van der Waals surface area contributed by atoms with Crippen LogP contribution in [0.1, 0.15) is 11.1 Å². The van der Waals surface area contributed by atoms with Crippen molar-refractivity contribution in [3.8, 4) is 22.3 Å². The maximum atomic E-state index is 2.72. The predicted octanol–water partition coefficient (Wildman–Crippen LogP) is 5.08. The molecule has 0 amide bonds. The Morgan fingerprint density at radius 2 is 0.725 bits per heavy atom. The SMILES string of the molecule is c1ccc2c(c1)B1c3ccccc3-c3c4c5c(c6ccccc36)-c3ccccc3B3c6ccccc6C2=C(N14)N35. The fourth-order valence-electron chi connectivity index (χ4n) is 8.63. The van der Waals surface area contributed by atoms with E-state index in [1.165, 1.54) is 88.8 Å². The van der Waals surface area contributed by atoms with Crippen LogP contribution in [-0.2, 0) is 0 Å². The van der Waals surface area contributed by atoms with Crippen LogP contribution in [0.5, 0.6) is 0 Å². The fourth-order valence-corrected chi connectivity index (χ4v) is 8.63. The Balaban J connectivity index is 1.45. The number of rotatable bonds is 0. The Bertz CT molecular complexity index is 2060. The first-order chi connectivity index (χ1) is 19.9. The highest BCUT2D eigenvalue weighted by Gasteiger charge is 2.57. The third-order valence-electron chi connectivity index (χ3n) is 9.94. The minimum atomic E-state index is 0.142. The Morgan fingerprint density at radius 1 is 0.375 bits per heavy atom. The summed E-state index contributed by atoms with van der Waals surface area (Å²) >= 11 is 0. The highest BCUT2D eigenvalue weighted by atomic mass is 15.4. The van der Waals surface area contributed by atoms with Crippen LogP contribution in [0, 0.1) is 0 Å². The van der Waals surface area contributed by atoms with Gasteiger partial charge in [-0.1, -0.05) is 121 Å². The van der Waals surface area contributed by atoms with Gasteiger partial charge in [0.2, 0.25) is 0 Å². The van der Waals surface area contributed by atoms with Gasteiger partial charge in [-0.15, -0.1) is 0 Å². The average molecular weight is 502 g/mol. The Kier molecular flexibility index (Phi) is 3.31. The lowest BCUT2D eigenvalue weighted by atomic mass is 9.41. The van der Waals surface area contributed by atoms with E-state index in [0.29, 0.717) is 0 Å². The van der Waals surface area contributed by atoms with Crippen molar-refractivity contribution in [3.63, 3.8) is 0 Å². The minimum absolute atomic E-state index is 0.142. The summed E-state index contributed by atoms with van der Waals surface area (Å²) in [5.41, 5.74) is 17.9. The molecule has 0 unspecified atom stereocenters. The van der Waals surface area contributed by atoms with Crippen LogP contribution in [0.2, 0.25) is 0 Å². The van der Waals surface area contributed by atoms with E-state index in [9.17, 15) is 0 Å². The molecule has 0 radical (unpaired) electrons. The average Bonchev–Trinajstić information content (AvgIpc) is 3.36. The highest BCUT2D eigenvalue weighted by Crippen LogP contribution is 2.62. The first-order valence-electron chi connectivity index (χ1n) is 14.2. The van der Waals surface area contributed by atoms with Crippen molar-refractivity contribution < 1.29 is 0 Å². The van der Waals surface area contributed by atoms with E-state index in [4.69, 9.17) is 0 Å². The lowest BCUT2D eigenvalue weighted by molar-refractivity contribution is 1.20.